The fourth-order valence-electron chi connectivity index (χ4n) is 0.816. The molecule has 0 saturated carbocycles. The first-order valence-electron chi connectivity index (χ1n) is 3.45. The summed E-state index contributed by atoms with van der Waals surface area (Å²) in [6.45, 7) is 5.57. The number of ether oxygens (including phenoxy) is 2. The summed E-state index contributed by atoms with van der Waals surface area (Å²) in [5.74, 6) is 0. The van der Waals surface area contributed by atoms with E-state index in [4.69, 9.17) is 9.47 Å². The third-order valence-corrected chi connectivity index (χ3v) is 2.48. The smallest absolute Gasteiger partial charge is 0.0899 e. The average Bonchev–Trinajstić information content (AvgIpc) is 1.88. The maximum absolute atomic E-state index is 5.54. The predicted octanol–water partition coefficient (Wildman–Crippen LogP) is 1.62. The van der Waals surface area contributed by atoms with Crippen molar-refractivity contribution in [3.8, 4) is 0 Å². The van der Waals surface area contributed by atoms with E-state index in [0.717, 1.165) is 17.6 Å². The Balaban J connectivity index is 2.31. The van der Waals surface area contributed by atoms with Crippen LogP contribution in [-0.2, 0) is 9.47 Å². The van der Waals surface area contributed by atoms with Gasteiger partial charge in [0.15, 0.2) is 0 Å². The van der Waals surface area contributed by atoms with E-state index in [1.165, 1.54) is 0 Å². The third-order valence-electron chi connectivity index (χ3n) is 1.50. The highest BCUT2D eigenvalue weighted by molar-refractivity contribution is 14.1. The molecule has 3 heteroatoms. The van der Waals surface area contributed by atoms with Crippen molar-refractivity contribution in [2.24, 2.45) is 0 Å². The van der Waals surface area contributed by atoms with Gasteiger partial charge in [0.05, 0.1) is 24.9 Å². The second-order valence-corrected chi connectivity index (χ2v) is 4.04. The summed E-state index contributed by atoms with van der Waals surface area (Å²) in [6.07, 6.45) is 0.314. The lowest BCUT2D eigenvalue weighted by Crippen LogP contribution is -2.42. The number of hydrogen-bond donors (Lipinski definition) is 0. The molecule has 1 aliphatic rings. The largest absolute Gasteiger partial charge is 0.372 e. The fourth-order valence-corrected chi connectivity index (χ4v) is 1.32. The molecule has 0 N–H and O–H groups in total. The SMILES string of the molecule is CC1(C)COC(CI)CO1. The van der Waals surface area contributed by atoms with E-state index >= 15 is 0 Å². The molecule has 60 valence electrons. The van der Waals surface area contributed by atoms with Crippen molar-refractivity contribution in [3.05, 3.63) is 0 Å². The minimum atomic E-state index is -0.0672. The van der Waals surface area contributed by atoms with Gasteiger partial charge in [-0.05, 0) is 13.8 Å². The predicted molar refractivity (Wildman–Crippen MR) is 48.7 cm³/mol. The van der Waals surface area contributed by atoms with Crippen molar-refractivity contribution in [1.82, 2.24) is 0 Å². The van der Waals surface area contributed by atoms with Gasteiger partial charge >= 0.3 is 0 Å². The van der Waals surface area contributed by atoms with Gasteiger partial charge in [-0.1, -0.05) is 22.6 Å². The van der Waals surface area contributed by atoms with Gasteiger partial charge in [0, 0.05) is 4.43 Å². The molecule has 0 aliphatic carbocycles. The Morgan fingerprint density at radius 2 is 2.30 bits per heavy atom. The van der Waals surface area contributed by atoms with Crippen LogP contribution in [0.5, 0.6) is 0 Å². The summed E-state index contributed by atoms with van der Waals surface area (Å²) >= 11 is 2.31. The average molecular weight is 256 g/mol. The van der Waals surface area contributed by atoms with Crippen LogP contribution in [0.2, 0.25) is 0 Å². The lowest BCUT2D eigenvalue weighted by molar-refractivity contribution is -0.166. The minimum Gasteiger partial charge on any atom is -0.372 e. The Labute approximate surface area is 75.4 Å². The molecule has 1 aliphatic heterocycles. The second-order valence-electron chi connectivity index (χ2n) is 3.16. The van der Waals surface area contributed by atoms with E-state index in [1.54, 1.807) is 0 Å². The zero-order valence-electron chi connectivity index (χ0n) is 6.39. The highest BCUT2D eigenvalue weighted by Crippen LogP contribution is 2.18. The number of alkyl halides is 1. The summed E-state index contributed by atoms with van der Waals surface area (Å²) in [6, 6.07) is 0. The van der Waals surface area contributed by atoms with Crippen molar-refractivity contribution in [2.45, 2.75) is 25.6 Å². The first kappa shape index (κ1) is 8.74. The molecule has 1 rings (SSSR count). The van der Waals surface area contributed by atoms with Crippen molar-refractivity contribution in [1.29, 1.82) is 0 Å². The summed E-state index contributed by atoms with van der Waals surface area (Å²) < 4.78 is 12.1. The van der Waals surface area contributed by atoms with Gasteiger partial charge in [-0.2, -0.15) is 0 Å². The molecule has 1 heterocycles. The van der Waals surface area contributed by atoms with Crippen molar-refractivity contribution in [2.75, 3.05) is 17.6 Å². The quantitative estimate of drug-likeness (QED) is 0.524. The molecule has 2 nitrogen and oxygen atoms in total. The molecule has 0 radical (unpaired) electrons. The van der Waals surface area contributed by atoms with Crippen molar-refractivity contribution >= 4 is 22.6 Å². The van der Waals surface area contributed by atoms with Crippen LogP contribution >= 0.6 is 22.6 Å². The summed E-state index contributed by atoms with van der Waals surface area (Å²) in [5.41, 5.74) is -0.0672. The van der Waals surface area contributed by atoms with Crippen LogP contribution in [0.4, 0.5) is 0 Å². The molecular formula is C7H13IO2. The first-order chi connectivity index (χ1) is 4.64. The lowest BCUT2D eigenvalue weighted by Gasteiger charge is -2.34. The van der Waals surface area contributed by atoms with Crippen molar-refractivity contribution < 1.29 is 9.47 Å². The third kappa shape index (κ3) is 2.36. The van der Waals surface area contributed by atoms with E-state index in [0.29, 0.717) is 6.10 Å². The minimum absolute atomic E-state index is 0.0672. The zero-order valence-corrected chi connectivity index (χ0v) is 8.55. The van der Waals surface area contributed by atoms with Crippen LogP contribution in [-0.4, -0.2) is 29.3 Å². The van der Waals surface area contributed by atoms with Gasteiger partial charge in [0.25, 0.3) is 0 Å². The normalized spacial score (nSPS) is 32.1. The van der Waals surface area contributed by atoms with Gasteiger partial charge in [-0.15, -0.1) is 0 Å². The molecule has 10 heavy (non-hydrogen) atoms. The molecule has 0 bridgehead atoms. The van der Waals surface area contributed by atoms with Crippen LogP contribution in [0.3, 0.4) is 0 Å². The van der Waals surface area contributed by atoms with Crippen LogP contribution < -0.4 is 0 Å². The number of halogens is 1. The van der Waals surface area contributed by atoms with Gasteiger partial charge in [0.1, 0.15) is 0 Å². The molecule has 0 aromatic rings. The van der Waals surface area contributed by atoms with Crippen LogP contribution in [0.25, 0.3) is 0 Å². The number of rotatable bonds is 1. The summed E-state index contributed by atoms with van der Waals surface area (Å²) in [5, 5.41) is 0. The fraction of sp³-hybridized carbons (Fsp3) is 1.00. The Hall–Kier alpha value is 0.650. The van der Waals surface area contributed by atoms with Gasteiger partial charge in [0.2, 0.25) is 0 Å². The molecule has 1 fully saturated rings. The van der Waals surface area contributed by atoms with E-state index in [-0.39, 0.29) is 5.60 Å². The maximum Gasteiger partial charge on any atom is 0.0899 e. The van der Waals surface area contributed by atoms with Gasteiger partial charge in [-0.25, -0.2) is 0 Å². The highest BCUT2D eigenvalue weighted by atomic mass is 127. The van der Waals surface area contributed by atoms with Crippen LogP contribution in [0.15, 0.2) is 0 Å². The van der Waals surface area contributed by atoms with E-state index in [2.05, 4.69) is 36.4 Å². The Morgan fingerprint density at radius 1 is 1.60 bits per heavy atom. The topological polar surface area (TPSA) is 18.5 Å². The summed E-state index contributed by atoms with van der Waals surface area (Å²) in [4.78, 5) is 0. The van der Waals surface area contributed by atoms with Gasteiger partial charge in [-0.3, -0.25) is 0 Å². The van der Waals surface area contributed by atoms with Crippen molar-refractivity contribution in [3.63, 3.8) is 0 Å². The zero-order chi connectivity index (χ0) is 7.61. The van der Waals surface area contributed by atoms with Gasteiger partial charge < -0.3 is 9.47 Å². The highest BCUT2D eigenvalue weighted by Gasteiger charge is 2.27. The van der Waals surface area contributed by atoms with Crippen LogP contribution in [0.1, 0.15) is 13.8 Å². The molecule has 0 spiro atoms. The molecule has 1 unspecified atom stereocenters. The molecule has 0 aromatic heterocycles. The first-order valence-corrected chi connectivity index (χ1v) is 4.98. The molecule has 0 amide bonds. The standard InChI is InChI=1S/C7H13IO2/c1-7(2)5-9-6(3-8)4-10-7/h6H,3-5H2,1-2H3. The summed E-state index contributed by atoms with van der Waals surface area (Å²) in [7, 11) is 0. The molecule has 0 aromatic carbocycles. The Morgan fingerprint density at radius 3 is 2.70 bits per heavy atom. The lowest BCUT2D eigenvalue weighted by atomic mass is 10.1. The Kier molecular flexibility index (Phi) is 2.94. The van der Waals surface area contributed by atoms with E-state index < -0.39 is 0 Å². The Bertz CT molecular complexity index is 104. The van der Waals surface area contributed by atoms with E-state index in [9.17, 15) is 0 Å². The maximum atomic E-state index is 5.54. The second kappa shape index (κ2) is 3.36. The van der Waals surface area contributed by atoms with Crippen LogP contribution in [0, 0.1) is 0 Å². The van der Waals surface area contributed by atoms with E-state index in [1.807, 2.05) is 0 Å². The molecule has 1 atom stereocenters. The molecule has 1 saturated heterocycles. The monoisotopic (exact) mass is 256 g/mol. The molecular weight excluding hydrogens is 243 g/mol. The number of hydrogen-bond acceptors (Lipinski definition) is 2.